The van der Waals surface area contributed by atoms with Crippen LogP contribution in [0.5, 0.6) is 0 Å². The minimum absolute atomic E-state index is 0.658. The minimum Gasteiger partial charge on any atom is -0.317 e. The van der Waals surface area contributed by atoms with Crippen LogP contribution in [0.2, 0.25) is 0 Å². The first-order valence-corrected chi connectivity index (χ1v) is 6.73. The van der Waals surface area contributed by atoms with Crippen LogP contribution in [-0.2, 0) is 13.1 Å². The zero-order valence-corrected chi connectivity index (χ0v) is 9.96. The van der Waals surface area contributed by atoms with Crippen LogP contribution in [0.1, 0.15) is 25.6 Å². The molecule has 1 aromatic heterocycles. The Balaban J connectivity index is 1.81. The highest BCUT2D eigenvalue weighted by Crippen LogP contribution is 2.17. The summed E-state index contributed by atoms with van der Waals surface area (Å²) in [4.78, 5) is 0. The van der Waals surface area contributed by atoms with Gasteiger partial charge in [-0.2, -0.15) is 11.8 Å². The van der Waals surface area contributed by atoms with E-state index in [0.717, 1.165) is 18.9 Å². The fourth-order valence-corrected chi connectivity index (χ4v) is 2.92. The third kappa shape index (κ3) is 2.95. The molecule has 0 amide bonds. The summed E-state index contributed by atoms with van der Waals surface area (Å²) in [5, 5.41) is 11.6. The second kappa shape index (κ2) is 5.51. The van der Waals surface area contributed by atoms with Crippen LogP contribution >= 0.6 is 11.8 Å². The average molecular weight is 226 g/mol. The molecule has 15 heavy (non-hydrogen) atoms. The Kier molecular flexibility index (Phi) is 4.02. The number of thioether (sulfide) groups is 1. The normalized spacial score (nSPS) is 21.8. The molecule has 1 aliphatic heterocycles. The van der Waals surface area contributed by atoms with Gasteiger partial charge >= 0.3 is 0 Å². The van der Waals surface area contributed by atoms with Gasteiger partial charge < -0.3 is 9.88 Å². The van der Waals surface area contributed by atoms with E-state index < -0.39 is 0 Å². The maximum absolute atomic E-state index is 4.12. The van der Waals surface area contributed by atoms with Gasteiger partial charge in [-0.3, -0.25) is 0 Å². The first-order chi connectivity index (χ1) is 7.40. The fourth-order valence-electron chi connectivity index (χ4n) is 1.82. The zero-order chi connectivity index (χ0) is 10.5. The molecule has 1 saturated heterocycles. The lowest BCUT2D eigenvalue weighted by molar-refractivity contribution is 0.489. The summed E-state index contributed by atoms with van der Waals surface area (Å²) in [6, 6.07) is 0.658. The third-order valence-electron chi connectivity index (χ3n) is 2.75. The van der Waals surface area contributed by atoms with E-state index in [9.17, 15) is 0 Å². The van der Waals surface area contributed by atoms with Crippen molar-refractivity contribution in [3.8, 4) is 0 Å². The molecule has 2 heterocycles. The molecule has 1 N–H and O–H groups in total. The van der Waals surface area contributed by atoms with E-state index in [1.54, 1.807) is 6.33 Å². The lowest BCUT2D eigenvalue weighted by Gasteiger charge is -2.22. The smallest absolute Gasteiger partial charge is 0.146 e. The highest BCUT2D eigenvalue weighted by atomic mass is 32.2. The molecule has 0 aromatic carbocycles. The van der Waals surface area contributed by atoms with Crippen LogP contribution in [0.3, 0.4) is 0 Å². The van der Waals surface area contributed by atoms with Crippen LogP contribution in [0.25, 0.3) is 0 Å². The predicted octanol–water partition coefficient (Wildman–Crippen LogP) is 1.28. The maximum Gasteiger partial charge on any atom is 0.146 e. The van der Waals surface area contributed by atoms with Gasteiger partial charge in [-0.1, -0.05) is 0 Å². The van der Waals surface area contributed by atoms with E-state index in [4.69, 9.17) is 0 Å². The van der Waals surface area contributed by atoms with Crippen LogP contribution in [-0.4, -0.2) is 32.3 Å². The Morgan fingerprint density at radius 1 is 1.67 bits per heavy atom. The van der Waals surface area contributed by atoms with Crippen molar-refractivity contribution >= 4 is 11.8 Å². The standard InChI is InChI=1S/C10H18N4S/c1-2-14-8-12-13-10(14)6-11-9-4-3-5-15-7-9/h8-9,11H,2-7H2,1H3. The van der Waals surface area contributed by atoms with E-state index in [0.29, 0.717) is 6.04 Å². The molecular formula is C10H18N4S. The van der Waals surface area contributed by atoms with Crippen molar-refractivity contribution in [2.75, 3.05) is 11.5 Å². The number of rotatable bonds is 4. The number of aromatic nitrogens is 3. The Bertz CT molecular complexity index is 293. The molecule has 84 valence electrons. The molecule has 4 nitrogen and oxygen atoms in total. The van der Waals surface area contributed by atoms with Crippen molar-refractivity contribution in [3.05, 3.63) is 12.2 Å². The number of hydrogen-bond donors (Lipinski definition) is 1. The predicted molar refractivity (Wildman–Crippen MR) is 62.9 cm³/mol. The summed E-state index contributed by atoms with van der Waals surface area (Å²) in [7, 11) is 0. The molecule has 2 rings (SSSR count). The van der Waals surface area contributed by atoms with Gasteiger partial charge in [0, 0.05) is 18.3 Å². The van der Waals surface area contributed by atoms with Crippen molar-refractivity contribution in [1.82, 2.24) is 20.1 Å². The Morgan fingerprint density at radius 2 is 2.60 bits per heavy atom. The summed E-state index contributed by atoms with van der Waals surface area (Å²) in [6.07, 6.45) is 4.43. The fraction of sp³-hybridized carbons (Fsp3) is 0.800. The summed E-state index contributed by atoms with van der Waals surface area (Å²) in [5.41, 5.74) is 0. The van der Waals surface area contributed by atoms with Crippen molar-refractivity contribution in [3.63, 3.8) is 0 Å². The van der Waals surface area contributed by atoms with Crippen LogP contribution in [0.15, 0.2) is 6.33 Å². The van der Waals surface area contributed by atoms with E-state index >= 15 is 0 Å². The molecule has 0 radical (unpaired) electrons. The van der Waals surface area contributed by atoms with Gasteiger partial charge in [0.2, 0.25) is 0 Å². The molecule has 1 aliphatic rings. The molecule has 1 fully saturated rings. The SMILES string of the molecule is CCn1cnnc1CNC1CCCSC1. The molecule has 0 bridgehead atoms. The van der Waals surface area contributed by atoms with Crippen molar-refractivity contribution < 1.29 is 0 Å². The second-order valence-corrected chi connectivity index (χ2v) is 4.98. The monoisotopic (exact) mass is 226 g/mol. The van der Waals surface area contributed by atoms with E-state index in [1.165, 1.54) is 24.3 Å². The number of aryl methyl sites for hydroxylation is 1. The van der Waals surface area contributed by atoms with E-state index in [-0.39, 0.29) is 0 Å². The molecule has 0 spiro atoms. The summed E-state index contributed by atoms with van der Waals surface area (Å²) in [5.74, 6) is 3.61. The molecule has 1 unspecified atom stereocenters. The molecular weight excluding hydrogens is 208 g/mol. The largest absolute Gasteiger partial charge is 0.317 e. The summed E-state index contributed by atoms with van der Waals surface area (Å²) >= 11 is 2.04. The average Bonchev–Trinajstić information content (AvgIpc) is 2.75. The molecule has 0 saturated carbocycles. The maximum atomic E-state index is 4.12. The molecule has 1 atom stereocenters. The van der Waals surface area contributed by atoms with Gasteiger partial charge in [-0.05, 0) is 25.5 Å². The Labute approximate surface area is 94.8 Å². The van der Waals surface area contributed by atoms with Crippen molar-refractivity contribution in [2.45, 2.75) is 38.9 Å². The Hall–Kier alpha value is -0.550. The highest BCUT2D eigenvalue weighted by Gasteiger charge is 2.13. The molecule has 1 aromatic rings. The zero-order valence-electron chi connectivity index (χ0n) is 9.15. The van der Waals surface area contributed by atoms with Gasteiger partial charge in [-0.15, -0.1) is 10.2 Å². The highest BCUT2D eigenvalue weighted by molar-refractivity contribution is 7.99. The number of nitrogens with zero attached hydrogens (tertiary/aromatic N) is 3. The second-order valence-electron chi connectivity index (χ2n) is 3.83. The lowest BCUT2D eigenvalue weighted by atomic mass is 10.2. The number of hydrogen-bond acceptors (Lipinski definition) is 4. The van der Waals surface area contributed by atoms with E-state index in [2.05, 4.69) is 27.0 Å². The van der Waals surface area contributed by atoms with Gasteiger partial charge in [0.1, 0.15) is 12.2 Å². The van der Waals surface area contributed by atoms with E-state index in [1.807, 2.05) is 11.8 Å². The number of nitrogens with one attached hydrogen (secondary N) is 1. The first-order valence-electron chi connectivity index (χ1n) is 5.58. The quantitative estimate of drug-likeness (QED) is 0.840. The Morgan fingerprint density at radius 3 is 3.33 bits per heavy atom. The summed E-state index contributed by atoms with van der Waals surface area (Å²) < 4.78 is 2.09. The van der Waals surface area contributed by atoms with Crippen molar-refractivity contribution in [1.29, 1.82) is 0 Å². The van der Waals surface area contributed by atoms with Gasteiger partial charge in [0.25, 0.3) is 0 Å². The molecule has 5 heteroatoms. The lowest BCUT2D eigenvalue weighted by Crippen LogP contribution is -2.34. The van der Waals surface area contributed by atoms with Gasteiger partial charge in [0.05, 0.1) is 6.54 Å². The minimum atomic E-state index is 0.658. The van der Waals surface area contributed by atoms with Crippen LogP contribution in [0.4, 0.5) is 0 Å². The first kappa shape index (κ1) is 11.0. The van der Waals surface area contributed by atoms with Crippen LogP contribution in [0, 0.1) is 0 Å². The van der Waals surface area contributed by atoms with Gasteiger partial charge in [-0.25, -0.2) is 0 Å². The van der Waals surface area contributed by atoms with Crippen molar-refractivity contribution in [2.24, 2.45) is 0 Å². The molecule has 0 aliphatic carbocycles. The summed E-state index contributed by atoms with van der Waals surface area (Å²) in [6.45, 7) is 3.91. The van der Waals surface area contributed by atoms with Crippen LogP contribution < -0.4 is 5.32 Å². The topological polar surface area (TPSA) is 42.7 Å². The third-order valence-corrected chi connectivity index (χ3v) is 3.96. The van der Waals surface area contributed by atoms with Gasteiger partial charge in [0.15, 0.2) is 0 Å².